The SMILES string of the molecule is COc1ccccc1CC1CCN(C(=O)Cc2ccc(N)cc2)CC1.Cl. The van der Waals surface area contributed by atoms with Crippen LogP contribution in [-0.2, 0) is 17.6 Å². The Labute approximate surface area is 161 Å². The van der Waals surface area contributed by atoms with Crippen LogP contribution in [0.2, 0.25) is 0 Å². The summed E-state index contributed by atoms with van der Waals surface area (Å²) in [5.74, 6) is 1.78. The molecule has 140 valence electrons. The number of ether oxygens (including phenoxy) is 1. The predicted molar refractivity (Wildman–Crippen MR) is 108 cm³/mol. The number of piperidine rings is 1. The Morgan fingerprint density at radius 2 is 1.77 bits per heavy atom. The molecule has 1 heterocycles. The third kappa shape index (κ3) is 5.15. The molecule has 1 aliphatic rings. The lowest BCUT2D eigenvalue weighted by molar-refractivity contribution is -0.131. The average Bonchev–Trinajstić information content (AvgIpc) is 2.64. The highest BCUT2D eigenvalue weighted by molar-refractivity contribution is 5.85. The summed E-state index contributed by atoms with van der Waals surface area (Å²) < 4.78 is 5.45. The molecule has 2 aromatic rings. The molecule has 0 saturated carbocycles. The number of benzene rings is 2. The van der Waals surface area contributed by atoms with Crippen LogP contribution in [-0.4, -0.2) is 31.0 Å². The molecule has 0 unspecified atom stereocenters. The molecule has 0 radical (unpaired) electrons. The fraction of sp³-hybridized carbons (Fsp3) is 0.381. The van der Waals surface area contributed by atoms with Gasteiger partial charge in [-0.15, -0.1) is 12.4 Å². The minimum atomic E-state index is 0. The van der Waals surface area contributed by atoms with Gasteiger partial charge in [-0.3, -0.25) is 4.79 Å². The second-order valence-corrected chi connectivity index (χ2v) is 6.76. The van der Waals surface area contributed by atoms with Gasteiger partial charge in [0, 0.05) is 18.8 Å². The van der Waals surface area contributed by atoms with E-state index >= 15 is 0 Å². The Balaban J connectivity index is 0.00000243. The van der Waals surface area contributed by atoms with E-state index in [0.29, 0.717) is 12.3 Å². The Kier molecular flexibility index (Phi) is 7.34. The molecular formula is C21H27ClN2O2. The van der Waals surface area contributed by atoms with Gasteiger partial charge in [0.15, 0.2) is 0 Å². The fourth-order valence-electron chi connectivity index (χ4n) is 3.49. The number of likely N-dealkylation sites (tertiary alicyclic amines) is 1. The van der Waals surface area contributed by atoms with Gasteiger partial charge in [-0.05, 0) is 54.5 Å². The van der Waals surface area contributed by atoms with E-state index in [0.717, 1.165) is 49.4 Å². The number of hydrogen-bond donors (Lipinski definition) is 1. The van der Waals surface area contributed by atoms with Crippen molar-refractivity contribution in [2.45, 2.75) is 25.7 Å². The average molecular weight is 375 g/mol. The number of nitrogens with two attached hydrogens (primary N) is 1. The predicted octanol–water partition coefficient (Wildman–Crippen LogP) is 3.72. The number of carbonyl (C=O) groups is 1. The Morgan fingerprint density at radius 3 is 2.42 bits per heavy atom. The van der Waals surface area contributed by atoms with E-state index in [1.165, 1.54) is 5.56 Å². The monoisotopic (exact) mass is 374 g/mol. The Morgan fingerprint density at radius 1 is 1.12 bits per heavy atom. The standard InChI is InChI=1S/C21H26N2O2.ClH/c1-25-20-5-3-2-4-18(20)14-17-10-12-23(13-11-17)21(24)15-16-6-8-19(22)9-7-16;/h2-9,17H,10-15,22H2,1H3;1H. The summed E-state index contributed by atoms with van der Waals surface area (Å²) in [5.41, 5.74) is 8.71. The zero-order valence-electron chi connectivity index (χ0n) is 15.2. The molecule has 1 saturated heterocycles. The number of nitrogens with zero attached hydrogens (tertiary/aromatic N) is 1. The van der Waals surface area contributed by atoms with E-state index in [1.54, 1.807) is 7.11 Å². The maximum absolute atomic E-state index is 12.5. The van der Waals surface area contributed by atoms with Crippen LogP contribution in [0.4, 0.5) is 5.69 Å². The molecule has 1 fully saturated rings. The van der Waals surface area contributed by atoms with Gasteiger partial charge in [-0.25, -0.2) is 0 Å². The molecule has 3 rings (SSSR count). The van der Waals surface area contributed by atoms with Gasteiger partial charge in [0.05, 0.1) is 13.5 Å². The first-order valence-electron chi connectivity index (χ1n) is 8.90. The largest absolute Gasteiger partial charge is 0.496 e. The van der Waals surface area contributed by atoms with Crippen LogP contribution in [0.1, 0.15) is 24.0 Å². The third-order valence-corrected chi connectivity index (χ3v) is 5.00. The molecule has 0 atom stereocenters. The molecule has 0 bridgehead atoms. The summed E-state index contributed by atoms with van der Waals surface area (Å²) in [6.45, 7) is 1.68. The summed E-state index contributed by atoms with van der Waals surface area (Å²) in [7, 11) is 1.72. The molecule has 2 N–H and O–H groups in total. The van der Waals surface area contributed by atoms with Gasteiger partial charge in [0.25, 0.3) is 0 Å². The highest BCUT2D eigenvalue weighted by atomic mass is 35.5. The maximum Gasteiger partial charge on any atom is 0.226 e. The molecule has 5 heteroatoms. The van der Waals surface area contributed by atoms with Gasteiger partial charge < -0.3 is 15.4 Å². The first-order valence-corrected chi connectivity index (χ1v) is 8.90. The van der Waals surface area contributed by atoms with Crippen molar-refractivity contribution in [1.29, 1.82) is 0 Å². The van der Waals surface area contributed by atoms with E-state index < -0.39 is 0 Å². The van der Waals surface area contributed by atoms with Crippen LogP contribution in [0.5, 0.6) is 5.75 Å². The van der Waals surface area contributed by atoms with E-state index in [4.69, 9.17) is 10.5 Å². The van der Waals surface area contributed by atoms with Crippen molar-refractivity contribution in [2.75, 3.05) is 25.9 Å². The van der Waals surface area contributed by atoms with Crippen molar-refractivity contribution in [3.8, 4) is 5.75 Å². The zero-order valence-corrected chi connectivity index (χ0v) is 16.0. The maximum atomic E-state index is 12.5. The molecule has 26 heavy (non-hydrogen) atoms. The molecular weight excluding hydrogens is 348 g/mol. The number of nitrogen functional groups attached to an aromatic ring is 1. The van der Waals surface area contributed by atoms with Crippen molar-refractivity contribution in [2.24, 2.45) is 5.92 Å². The quantitative estimate of drug-likeness (QED) is 0.811. The normalized spacial score (nSPS) is 14.6. The number of amides is 1. The molecule has 0 spiro atoms. The van der Waals surface area contributed by atoms with Crippen LogP contribution >= 0.6 is 12.4 Å². The van der Waals surface area contributed by atoms with E-state index in [2.05, 4.69) is 12.1 Å². The highest BCUT2D eigenvalue weighted by Crippen LogP contribution is 2.27. The van der Waals surface area contributed by atoms with Crippen molar-refractivity contribution in [3.05, 3.63) is 59.7 Å². The van der Waals surface area contributed by atoms with Gasteiger partial charge in [0.2, 0.25) is 5.91 Å². The van der Waals surface area contributed by atoms with Crippen LogP contribution in [0, 0.1) is 5.92 Å². The first-order chi connectivity index (χ1) is 12.2. The summed E-state index contributed by atoms with van der Waals surface area (Å²) in [6.07, 6.45) is 3.57. The van der Waals surface area contributed by atoms with Crippen molar-refractivity contribution in [3.63, 3.8) is 0 Å². The molecule has 2 aromatic carbocycles. The number of para-hydroxylation sites is 1. The lowest BCUT2D eigenvalue weighted by Crippen LogP contribution is -2.39. The lowest BCUT2D eigenvalue weighted by atomic mass is 9.89. The Hall–Kier alpha value is -2.20. The summed E-state index contributed by atoms with van der Waals surface area (Å²) in [4.78, 5) is 14.5. The number of methoxy groups -OCH3 is 1. The number of anilines is 1. The topological polar surface area (TPSA) is 55.6 Å². The molecule has 4 nitrogen and oxygen atoms in total. The van der Waals surface area contributed by atoms with Crippen LogP contribution in [0.25, 0.3) is 0 Å². The molecule has 0 aliphatic carbocycles. The highest BCUT2D eigenvalue weighted by Gasteiger charge is 2.23. The molecule has 1 aliphatic heterocycles. The van der Waals surface area contributed by atoms with Crippen LogP contribution in [0.3, 0.4) is 0 Å². The van der Waals surface area contributed by atoms with Gasteiger partial charge in [-0.1, -0.05) is 30.3 Å². The molecule has 1 amide bonds. The zero-order chi connectivity index (χ0) is 17.6. The summed E-state index contributed by atoms with van der Waals surface area (Å²) in [5, 5.41) is 0. The lowest BCUT2D eigenvalue weighted by Gasteiger charge is -2.32. The number of hydrogen-bond acceptors (Lipinski definition) is 3. The third-order valence-electron chi connectivity index (χ3n) is 5.00. The number of halogens is 1. The van der Waals surface area contributed by atoms with Gasteiger partial charge in [-0.2, -0.15) is 0 Å². The Bertz CT molecular complexity index is 710. The summed E-state index contributed by atoms with van der Waals surface area (Å²) in [6, 6.07) is 15.8. The number of carbonyl (C=O) groups excluding carboxylic acids is 1. The van der Waals surface area contributed by atoms with Crippen LogP contribution < -0.4 is 10.5 Å². The molecule has 0 aromatic heterocycles. The second-order valence-electron chi connectivity index (χ2n) is 6.76. The first kappa shape index (κ1) is 20.1. The summed E-state index contributed by atoms with van der Waals surface area (Å²) >= 11 is 0. The van der Waals surface area contributed by atoms with Crippen molar-refractivity contribution in [1.82, 2.24) is 4.90 Å². The van der Waals surface area contributed by atoms with Crippen molar-refractivity contribution >= 4 is 24.0 Å². The van der Waals surface area contributed by atoms with Gasteiger partial charge >= 0.3 is 0 Å². The second kappa shape index (κ2) is 9.48. The minimum Gasteiger partial charge on any atom is -0.496 e. The fourth-order valence-corrected chi connectivity index (χ4v) is 3.49. The van der Waals surface area contributed by atoms with Gasteiger partial charge in [0.1, 0.15) is 5.75 Å². The van der Waals surface area contributed by atoms with E-state index in [-0.39, 0.29) is 18.3 Å². The van der Waals surface area contributed by atoms with E-state index in [1.807, 2.05) is 41.3 Å². The van der Waals surface area contributed by atoms with Crippen molar-refractivity contribution < 1.29 is 9.53 Å². The smallest absolute Gasteiger partial charge is 0.226 e. The van der Waals surface area contributed by atoms with E-state index in [9.17, 15) is 4.79 Å². The van der Waals surface area contributed by atoms with Crippen LogP contribution in [0.15, 0.2) is 48.5 Å². The number of rotatable bonds is 5. The minimum absolute atomic E-state index is 0.